The number of nitrogens with one attached hydrogen (secondary N) is 2. The number of aromatic nitrogens is 1. The summed E-state index contributed by atoms with van der Waals surface area (Å²) in [5.74, 6) is -1.08. The average molecular weight is 357 g/mol. The van der Waals surface area contributed by atoms with Crippen LogP contribution in [0.15, 0.2) is 48.5 Å². The molecule has 128 valence electrons. The van der Waals surface area contributed by atoms with Gasteiger partial charge in [-0.3, -0.25) is 4.79 Å². The van der Waals surface area contributed by atoms with Crippen LogP contribution in [0.4, 0.5) is 5.69 Å². The molecule has 3 aromatic rings. The van der Waals surface area contributed by atoms with Crippen LogP contribution in [0.3, 0.4) is 0 Å². The van der Waals surface area contributed by atoms with Gasteiger partial charge in [0.15, 0.2) is 6.10 Å². The highest BCUT2D eigenvalue weighted by Crippen LogP contribution is 2.27. The molecule has 0 fully saturated rings. The number of aromatic amines is 1. The van der Waals surface area contributed by atoms with Crippen LogP contribution >= 0.6 is 11.6 Å². The molecule has 0 spiro atoms. The van der Waals surface area contributed by atoms with Gasteiger partial charge >= 0.3 is 5.97 Å². The molecular weight excluding hydrogens is 340 g/mol. The zero-order chi connectivity index (χ0) is 18.0. The zero-order valence-corrected chi connectivity index (χ0v) is 14.6. The van der Waals surface area contributed by atoms with Crippen molar-refractivity contribution in [1.82, 2.24) is 4.98 Å². The molecule has 0 bridgehead atoms. The fourth-order valence-corrected chi connectivity index (χ4v) is 2.76. The van der Waals surface area contributed by atoms with E-state index in [0.717, 1.165) is 16.5 Å². The maximum absolute atomic E-state index is 12.4. The van der Waals surface area contributed by atoms with Crippen LogP contribution < -0.4 is 5.32 Å². The fourth-order valence-electron chi connectivity index (χ4n) is 2.47. The standard InChI is InChI=1S/C19H17ClN2O3/c1-11-7-3-5-9-14(11)22-18(23)12(2)25-19(24)17-16(20)13-8-4-6-10-15(13)21-17/h3-10,12,21H,1-2H3,(H,22,23)/t12-/m0/s1. The summed E-state index contributed by atoms with van der Waals surface area (Å²) in [7, 11) is 0. The number of anilines is 1. The van der Waals surface area contributed by atoms with Crippen LogP contribution in [0, 0.1) is 6.92 Å². The lowest BCUT2D eigenvalue weighted by molar-refractivity contribution is -0.123. The number of rotatable bonds is 4. The van der Waals surface area contributed by atoms with E-state index in [9.17, 15) is 9.59 Å². The molecule has 0 unspecified atom stereocenters. The summed E-state index contributed by atoms with van der Waals surface area (Å²) in [6.07, 6.45) is -0.963. The fraction of sp³-hybridized carbons (Fsp3) is 0.158. The average Bonchev–Trinajstić information content (AvgIpc) is 2.94. The maximum Gasteiger partial charge on any atom is 0.357 e. The Morgan fingerprint density at radius 1 is 1.12 bits per heavy atom. The van der Waals surface area contributed by atoms with Gasteiger partial charge in [-0.15, -0.1) is 0 Å². The predicted molar refractivity (Wildman–Crippen MR) is 98.0 cm³/mol. The molecule has 25 heavy (non-hydrogen) atoms. The molecule has 0 radical (unpaired) electrons. The summed E-state index contributed by atoms with van der Waals surface area (Å²) in [6.45, 7) is 3.40. The van der Waals surface area contributed by atoms with E-state index in [1.165, 1.54) is 6.92 Å². The number of benzene rings is 2. The molecule has 1 amide bonds. The minimum absolute atomic E-state index is 0.137. The van der Waals surface area contributed by atoms with Crippen molar-refractivity contribution in [1.29, 1.82) is 0 Å². The summed E-state index contributed by atoms with van der Waals surface area (Å²) < 4.78 is 5.25. The van der Waals surface area contributed by atoms with Crippen LogP contribution in [0.1, 0.15) is 23.0 Å². The third-order valence-electron chi connectivity index (χ3n) is 3.90. The Morgan fingerprint density at radius 2 is 1.80 bits per heavy atom. The van der Waals surface area contributed by atoms with Gasteiger partial charge in [0, 0.05) is 16.6 Å². The lowest BCUT2D eigenvalue weighted by atomic mass is 10.2. The molecule has 1 aromatic heterocycles. The van der Waals surface area contributed by atoms with Crippen molar-refractivity contribution < 1.29 is 14.3 Å². The molecule has 6 heteroatoms. The summed E-state index contributed by atoms with van der Waals surface area (Å²) in [4.78, 5) is 27.5. The summed E-state index contributed by atoms with van der Waals surface area (Å²) in [5.41, 5.74) is 2.47. The van der Waals surface area contributed by atoms with E-state index in [1.807, 2.05) is 43.3 Å². The van der Waals surface area contributed by atoms with E-state index in [2.05, 4.69) is 10.3 Å². The number of carbonyl (C=O) groups excluding carboxylic acids is 2. The lowest BCUT2D eigenvalue weighted by Crippen LogP contribution is -2.30. The molecule has 0 aliphatic carbocycles. The number of hydrogen-bond acceptors (Lipinski definition) is 3. The monoisotopic (exact) mass is 356 g/mol. The highest BCUT2D eigenvalue weighted by Gasteiger charge is 2.23. The van der Waals surface area contributed by atoms with Gasteiger partial charge < -0.3 is 15.0 Å². The normalized spacial score (nSPS) is 12.0. The van der Waals surface area contributed by atoms with Crippen molar-refractivity contribution in [3.05, 3.63) is 64.8 Å². The van der Waals surface area contributed by atoms with E-state index < -0.39 is 18.0 Å². The van der Waals surface area contributed by atoms with E-state index >= 15 is 0 Å². The first-order valence-electron chi connectivity index (χ1n) is 7.81. The second-order valence-electron chi connectivity index (χ2n) is 5.71. The molecule has 3 rings (SSSR count). The van der Waals surface area contributed by atoms with Gasteiger partial charge in [0.1, 0.15) is 5.69 Å². The lowest BCUT2D eigenvalue weighted by Gasteiger charge is -2.14. The number of fused-ring (bicyclic) bond motifs is 1. The van der Waals surface area contributed by atoms with Crippen LogP contribution in [0.5, 0.6) is 0 Å². The first-order valence-corrected chi connectivity index (χ1v) is 8.19. The molecule has 1 heterocycles. The van der Waals surface area contributed by atoms with Gasteiger partial charge in [0.25, 0.3) is 5.91 Å². The quantitative estimate of drug-likeness (QED) is 0.684. The first-order chi connectivity index (χ1) is 12.0. The number of carbonyl (C=O) groups is 2. The van der Waals surface area contributed by atoms with Crippen molar-refractivity contribution >= 4 is 40.1 Å². The number of halogens is 1. The van der Waals surface area contributed by atoms with Crippen molar-refractivity contribution in [3.8, 4) is 0 Å². The number of ether oxygens (including phenoxy) is 1. The Kier molecular flexibility index (Phi) is 4.76. The number of H-pyrrole nitrogens is 1. The number of aryl methyl sites for hydroxylation is 1. The number of amides is 1. The number of para-hydroxylation sites is 2. The predicted octanol–water partition coefficient (Wildman–Crippen LogP) is 4.31. The molecule has 0 saturated heterocycles. The molecular formula is C19H17ClN2O3. The minimum atomic E-state index is -0.963. The number of hydrogen-bond donors (Lipinski definition) is 2. The van der Waals surface area contributed by atoms with E-state index in [4.69, 9.17) is 16.3 Å². The molecule has 5 nitrogen and oxygen atoms in total. The Balaban J connectivity index is 1.72. The Labute approximate surface area is 149 Å². The third kappa shape index (κ3) is 3.51. The Bertz CT molecular complexity index is 949. The first kappa shape index (κ1) is 17.0. The molecule has 0 aliphatic heterocycles. The zero-order valence-electron chi connectivity index (χ0n) is 13.8. The summed E-state index contributed by atoms with van der Waals surface area (Å²) in [5, 5.41) is 3.76. The maximum atomic E-state index is 12.4. The van der Waals surface area contributed by atoms with Crippen molar-refractivity contribution in [3.63, 3.8) is 0 Å². The van der Waals surface area contributed by atoms with Crippen molar-refractivity contribution in [2.75, 3.05) is 5.32 Å². The van der Waals surface area contributed by atoms with Gasteiger partial charge in [-0.1, -0.05) is 48.0 Å². The minimum Gasteiger partial charge on any atom is -0.448 e. The largest absolute Gasteiger partial charge is 0.448 e. The Morgan fingerprint density at radius 3 is 2.52 bits per heavy atom. The third-order valence-corrected chi connectivity index (χ3v) is 4.30. The van der Waals surface area contributed by atoms with Crippen LogP contribution in [0.25, 0.3) is 10.9 Å². The van der Waals surface area contributed by atoms with E-state index in [-0.39, 0.29) is 10.7 Å². The number of esters is 1. The topological polar surface area (TPSA) is 71.2 Å². The molecule has 0 saturated carbocycles. The van der Waals surface area contributed by atoms with Gasteiger partial charge in [0.2, 0.25) is 0 Å². The second kappa shape index (κ2) is 6.99. The van der Waals surface area contributed by atoms with Gasteiger partial charge in [0.05, 0.1) is 5.02 Å². The highest BCUT2D eigenvalue weighted by molar-refractivity contribution is 6.38. The molecule has 1 atom stereocenters. The van der Waals surface area contributed by atoms with E-state index in [0.29, 0.717) is 5.69 Å². The molecule has 2 aromatic carbocycles. The van der Waals surface area contributed by atoms with E-state index in [1.54, 1.807) is 12.1 Å². The van der Waals surface area contributed by atoms with Gasteiger partial charge in [-0.25, -0.2) is 4.79 Å². The second-order valence-corrected chi connectivity index (χ2v) is 6.09. The summed E-state index contributed by atoms with van der Waals surface area (Å²) >= 11 is 6.23. The Hall–Kier alpha value is -2.79. The van der Waals surface area contributed by atoms with Crippen LogP contribution in [0.2, 0.25) is 5.02 Å². The van der Waals surface area contributed by atoms with Crippen molar-refractivity contribution in [2.24, 2.45) is 0 Å². The van der Waals surface area contributed by atoms with Crippen LogP contribution in [-0.2, 0) is 9.53 Å². The van der Waals surface area contributed by atoms with Gasteiger partial charge in [-0.05, 0) is 31.5 Å². The SMILES string of the molecule is Cc1ccccc1NC(=O)[C@H](C)OC(=O)c1[nH]c2ccccc2c1Cl. The molecule has 0 aliphatic rings. The van der Waals surface area contributed by atoms with Crippen molar-refractivity contribution in [2.45, 2.75) is 20.0 Å². The summed E-state index contributed by atoms with van der Waals surface area (Å²) in [6, 6.07) is 14.7. The highest BCUT2D eigenvalue weighted by atomic mass is 35.5. The van der Waals surface area contributed by atoms with Crippen LogP contribution in [-0.4, -0.2) is 23.0 Å². The molecule has 2 N–H and O–H groups in total. The van der Waals surface area contributed by atoms with Gasteiger partial charge in [-0.2, -0.15) is 0 Å². The smallest absolute Gasteiger partial charge is 0.357 e.